The zero-order valence-corrected chi connectivity index (χ0v) is 15.9. The van der Waals surface area contributed by atoms with Crippen LogP contribution in [0.15, 0.2) is 48.5 Å². The molecule has 0 saturated carbocycles. The highest BCUT2D eigenvalue weighted by Gasteiger charge is 2.37. The van der Waals surface area contributed by atoms with Crippen molar-refractivity contribution in [2.24, 2.45) is 11.7 Å². The summed E-state index contributed by atoms with van der Waals surface area (Å²) in [4.78, 5) is 14.8. The van der Waals surface area contributed by atoms with Crippen molar-refractivity contribution in [3.63, 3.8) is 0 Å². The lowest BCUT2D eigenvalue weighted by Gasteiger charge is -2.22. The Hall–Kier alpha value is -2.04. The van der Waals surface area contributed by atoms with Crippen LogP contribution in [-0.2, 0) is 4.79 Å². The van der Waals surface area contributed by atoms with E-state index in [-0.39, 0.29) is 17.7 Å². The molecule has 3 atom stereocenters. The van der Waals surface area contributed by atoms with E-state index < -0.39 is 6.10 Å². The number of rotatable bonds is 5. The quantitative estimate of drug-likeness (QED) is 0.872. The summed E-state index contributed by atoms with van der Waals surface area (Å²) in [5.41, 5.74) is 8.24. The molecule has 26 heavy (non-hydrogen) atoms. The summed E-state index contributed by atoms with van der Waals surface area (Å²) in [6.07, 6.45) is -0.595. The Morgan fingerprint density at radius 2 is 2.00 bits per heavy atom. The van der Waals surface area contributed by atoms with Gasteiger partial charge in [-0.2, -0.15) is 0 Å². The van der Waals surface area contributed by atoms with Gasteiger partial charge in [-0.15, -0.1) is 0 Å². The molecule has 0 aromatic heterocycles. The van der Waals surface area contributed by atoms with Gasteiger partial charge >= 0.3 is 0 Å². The number of likely N-dealkylation sites (tertiary alicyclic amines) is 1. The Balaban J connectivity index is 1.70. The third-order valence-electron chi connectivity index (χ3n) is 5.02. The molecule has 0 bridgehead atoms. The van der Waals surface area contributed by atoms with Crippen LogP contribution < -0.4 is 10.5 Å². The van der Waals surface area contributed by atoms with Gasteiger partial charge in [0.05, 0.1) is 5.02 Å². The summed E-state index contributed by atoms with van der Waals surface area (Å²) in [5.74, 6) is 1.04. The smallest absolute Gasteiger partial charge is 0.263 e. The van der Waals surface area contributed by atoms with E-state index in [2.05, 4.69) is 12.1 Å². The van der Waals surface area contributed by atoms with Crippen molar-refractivity contribution in [1.82, 2.24) is 4.90 Å². The molecule has 1 saturated heterocycles. The van der Waals surface area contributed by atoms with Crippen LogP contribution in [0, 0.1) is 12.8 Å². The summed E-state index contributed by atoms with van der Waals surface area (Å²) in [5, 5.41) is 0.513. The molecule has 138 valence electrons. The minimum atomic E-state index is -0.595. The van der Waals surface area contributed by atoms with Gasteiger partial charge in [-0.05, 0) is 49.6 Å². The van der Waals surface area contributed by atoms with E-state index in [1.165, 1.54) is 5.56 Å². The number of carbonyl (C=O) groups is 1. The first-order chi connectivity index (χ1) is 12.5. The molecule has 4 nitrogen and oxygen atoms in total. The van der Waals surface area contributed by atoms with Crippen LogP contribution in [0.2, 0.25) is 5.02 Å². The van der Waals surface area contributed by atoms with Crippen LogP contribution in [0.5, 0.6) is 5.75 Å². The second kappa shape index (κ2) is 8.11. The topological polar surface area (TPSA) is 55.6 Å². The molecule has 1 aliphatic heterocycles. The Kier molecular flexibility index (Phi) is 5.84. The second-order valence-corrected chi connectivity index (χ2v) is 7.36. The lowest BCUT2D eigenvalue weighted by Crippen LogP contribution is -2.39. The highest BCUT2D eigenvalue weighted by atomic mass is 35.5. The van der Waals surface area contributed by atoms with Gasteiger partial charge in [-0.3, -0.25) is 4.79 Å². The van der Waals surface area contributed by atoms with Gasteiger partial charge in [0.1, 0.15) is 5.75 Å². The van der Waals surface area contributed by atoms with Crippen LogP contribution in [0.25, 0.3) is 0 Å². The summed E-state index contributed by atoms with van der Waals surface area (Å²) in [6.45, 7) is 5.62. The normalized spacial score (nSPS) is 20.8. The molecular formula is C21H25ClN2O2. The van der Waals surface area contributed by atoms with Crippen molar-refractivity contribution in [3.8, 4) is 5.75 Å². The van der Waals surface area contributed by atoms with Gasteiger partial charge < -0.3 is 15.4 Å². The van der Waals surface area contributed by atoms with Crippen LogP contribution in [-0.4, -0.2) is 36.5 Å². The van der Waals surface area contributed by atoms with Crippen molar-refractivity contribution in [2.45, 2.75) is 25.9 Å². The SMILES string of the molecule is Cc1ccc(Cl)c(OC(C)C(=O)N2C[C@@H](CN)[C@H](c3ccccc3)C2)c1. The Labute approximate surface area is 159 Å². The minimum absolute atomic E-state index is 0.0283. The summed E-state index contributed by atoms with van der Waals surface area (Å²) in [7, 11) is 0. The maximum atomic E-state index is 12.9. The molecule has 2 N–H and O–H groups in total. The fraction of sp³-hybridized carbons (Fsp3) is 0.381. The van der Waals surface area contributed by atoms with Crippen LogP contribution in [0.1, 0.15) is 24.0 Å². The largest absolute Gasteiger partial charge is 0.479 e. The number of carbonyl (C=O) groups excluding carboxylic acids is 1. The number of aryl methyl sites for hydroxylation is 1. The van der Waals surface area contributed by atoms with Gasteiger partial charge in [-0.25, -0.2) is 0 Å². The molecule has 3 rings (SSSR count). The standard InChI is InChI=1S/C21H25ClN2O2/c1-14-8-9-19(22)20(10-14)26-15(2)21(25)24-12-17(11-23)18(13-24)16-6-4-3-5-7-16/h3-10,15,17-18H,11-13,23H2,1-2H3/t15?,17-,18+/m1/s1. The van der Waals surface area contributed by atoms with Crippen molar-refractivity contribution >= 4 is 17.5 Å². The van der Waals surface area contributed by atoms with E-state index in [1.54, 1.807) is 13.0 Å². The molecule has 1 unspecified atom stereocenters. The molecule has 1 heterocycles. The number of amides is 1. The third-order valence-corrected chi connectivity index (χ3v) is 5.33. The lowest BCUT2D eigenvalue weighted by molar-refractivity contribution is -0.137. The van der Waals surface area contributed by atoms with E-state index >= 15 is 0 Å². The third kappa shape index (κ3) is 4.02. The number of hydrogen-bond acceptors (Lipinski definition) is 3. The first kappa shape index (κ1) is 18.7. The first-order valence-corrected chi connectivity index (χ1v) is 9.34. The number of ether oxygens (including phenoxy) is 1. The molecule has 0 radical (unpaired) electrons. The summed E-state index contributed by atoms with van der Waals surface area (Å²) < 4.78 is 5.86. The predicted octanol–water partition coefficient (Wildman–Crippen LogP) is 3.62. The Morgan fingerprint density at radius 3 is 2.69 bits per heavy atom. The maximum Gasteiger partial charge on any atom is 0.263 e. The first-order valence-electron chi connectivity index (χ1n) is 8.96. The number of hydrogen-bond donors (Lipinski definition) is 1. The maximum absolute atomic E-state index is 12.9. The average molecular weight is 373 g/mol. The zero-order chi connectivity index (χ0) is 18.7. The molecule has 2 aromatic rings. The fourth-order valence-electron chi connectivity index (χ4n) is 3.57. The van der Waals surface area contributed by atoms with E-state index in [1.807, 2.05) is 42.2 Å². The average Bonchev–Trinajstić information content (AvgIpc) is 3.09. The summed E-state index contributed by atoms with van der Waals surface area (Å²) >= 11 is 6.19. The van der Waals surface area contributed by atoms with Crippen LogP contribution in [0.4, 0.5) is 0 Å². The van der Waals surface area contributed by atoms with Gasteiger partial charge in [0.25, 0.3) is 5.91 Å². The van der Waals surface area contributed by atoms with E-state index in [9.17, 15) is 4.79 Å². The number of nitrogens with zero attached hydrogens (tertiary/aromatic N) is 1. The van der Waals surface area contributed by atoms with Crippen molar-refractivity contribution in [1.29, 1.82) is 0 Å². The van der Waals surface area contributed by atoms with Crippen LogP contribution in [0.3, 0.4) is 0 Å². The monoisotopic (exact) mass is 372 g/mol. The highest BCUT2D eigenvalue weighted by Crippen LogP contribution is 2.33. The molecule has 1 fully saturated rings. The highest BCUT2D eigenvalue weighted by molar-refractivity contribution is 6.32. The van der Waals surface area contributed by atoms with Gasteiger partial charge in [-0.1, -0.05) is 48.0 Å². The molecule has 2 aromatic carbocycles. The molecule has 0 spiro atoms. The second-order valence-electron chi connectivity index (χ2n) is 6.95. The number of halogens is 1. The van der Waals surface area contributed by atoms with Crippen molar-refractivity contribution in [2.75, 3.05) is 19.6 Å². The fourth-order valence-corrected chi connectivity index (χ4v) is 3.73. The minimum Gasteiger partial charge on any atom is -0.479 e. The molecular weight excluding hydrogens is 348 g/mol. The number of benzene rings is 2. The van der Waals surface area contributed by atoms with Gasteiger partial charge in [0, 0.05) is 19.0 Å². The molecule has 5 heteroatoms. The zero-order valence-electron chi connectivity index (χ0n) is 15.2. The summed E-state index contributed by atoms with van der Waals surface area (Å²) in [6, 6.07) is 15.8. The van der Waals surface area contributed by atoms with Gasteiger partial charge in [0.2, 0.25) is 0 Å². The predicted molar refractivity (Wildman–Crippen MR) is 105 cm³/mol. The van der Waals surface area contributed by atoms with E-state index in [4.69, 9.17) is 22.1 Å². The van der Waals surface area contributed by atoms with Crippen molar-refractivity contribution < 1.29 is 9.53 Å². The van der Waals surface area contributed by atoms with Gasteiger partial charge in [0.15, 0.2) is 6.10 Å². The number of nitrogens with two attached hydrogens (primary N) is 1. The molecule has 1 amide bonds. The van der Waals surface area contributed by atoms with Crippen LogP contribution >= 0.6 is 11.6 Å². The van der Waals surface area contributed by atoms with Crippen molar-refractivity contribution in [3.05, 3.63) is 64.7 Å². The molecule has 1 aliphatic rings. The van der Waals surface area contributed by atoms with E-state index in [0.29, 0.717) is 30.4 Å². The molecule has 0 aliphatic carbocycles. The Bertz CT molecular complexity index is 766. The Morgan fingerprint density at radius 1 is 1.27 bits per heavy atom. The lowest BCUT2D eigenvalue weighted by atomic mass is 9.89. The van der Waals surface area contributed by atoms with E-state index in [0.717, 1.165) is 5.56 Å².